The van der Waals surface area contributed by atoms with Crippen molar-refractivity contribution in [2.45, 2.75) is 102 Å². The van der Waals surface area contributed by atoms with E-state index in [4.69, 9.17) is 9.47 Å². The molecule has 1 spiro atoms. The van der Waals surface area contributed by atoms with Crippen LogP contribution in [0.1, 0.15) is 88.8 Å². The van der Waals surface area contributed by atoms with Gasteiger partial charge in [0.05, 0.1) is 24.2 Å². The van der Waals surface area contributed by atoms with E-state index in [1.54, 1.807) is 0 Å². The molecule has 5 aliphatic rings. The summed E-state index contributed by atoms with van der Waals surface area (Å²) in [6, 6.07) is 29.7. The fraction of sp³-hybridized carbons (Fsp3) is 0.513. The van der Waals surface area contributed by atoms with Crippen LogP contribution in [0.2, 0.25) is 0 Å². The highest BCUT2D eigenvalue weighted by atomic mass is 16.5. The molecule has 4 saturated heterocycles. The van der Waals surface area contributed by atoms with Crippen molar-refractivity contribution in [2.24, 2.45) is 23.7 Å². The van der Waals surface area contributed by atoms with Crippen molar-refractivity contribution in [1.82, 2.24) is 4.90 Å². The van der Waals surface area contributed by atoms with Crippen LogP contribution in [0.15, 0.2) is 84.9 Å². The molecule has 4 heterocycles. The van der Waals surface area contributed by atoms with Crippen molar-refractivity contribution >= 4 is 11.6 Å². The Balaban J connectivity index is 1.28. The van der Waals surface area contributed by atoms with Crippen LogP contribution in [0.5, 0.6) is 0 Å². The van der Waals surface area contributed by atoms with Gasteiger partial charge in [-0.25, -0.2) is 0 Å². The Labute approximate surface area is 262 Å². The molecule has 8 rings (SSSR count). The van der Waals surface area contributed by atoms with Crippen LogP contribution in [-0.2, 0) is 20.8 Å². The molecule has 1 saturated carbocycles. The van der Waals surface area contributed by atoms with Gasteiger partial charge in [0, 0.05) is 29.3 Å². The predicted octanol–water partition coefficient (Wildman–Crippen LogP) is 8.07. The number of para-hydroxylation sites is 1. The minimum absolute atomic E-state index is 0.0705. The lowest BCUT2D eigenvalue weighted by atomic mass is 9.68. The molecule has 0 N–H and O–H groups in total. The average molecular weight is 591 g/mol. The second-order valence-corrected chi connectivity index (χ2v) is 14.9. The van der Waals surface area contributed by atoms with E-state index in [9.17, 15) is 4.79 Å². The number of carbonyl (C=O) groups is 1. The first-order chi connectivity index (χ1) is 21.3. The molecular weight excluding hydrogens is 544 g/mol. The van der Waals surface area contributed by atoms with Crippen molar-refractivity contribution < 1.29 is 14.3 Å². The Morgan fingerprint density at radius 1 is 0.818 bits per heavy atom. The van der Waals surface area contributed by atoms with Gasteiger partial charge in [-0.1, -0.05) is 93.1 Å². The monoisotopic (exact) mass is 590 g/mol. The molecule has 230 valence electrons. The molecule has 5 heteroatoms. The normalized spacial score (nSPS) is 37.6. The van der Waals surface area contributed by atoms with Crippen LogP contribution in [0, 0.1) is 23.7 Å². The minimum Gasteiger partial charge on any atom is -0.368 e. The van der Waals surface area contributed by atoms with Gasteiger partial charge in [-0.05, 0) is 74.6 Å². The Kier molecular flexibility index (Phi) is 6.82. The molecule has 4 aliphatic heterocycles. The highest BCUT2D eigenvalue weighted by Crippen LogP contribution is 2.64. The van der Waals surface area contributed by atoms with Crippen LogP contribution in [-0.4, -0.2) is 34.2 Å². The Morgan fingerprint density at radius 2 is 1.50 bits per heavy atom. The van der Waals surface area contributed by atoms with Gasteiger partial charge in [-0.2, -0.15) is 0 Å². The molecule has 3 aromatic carbocycles. The summed E-state index contributed by atoms with van der Waals surface area (Å²) in [6.45, 7) is 10.3. The third-order valence-electron chi connectivity index (χ3n) is 12.1. The van der Waals surface area contributed by atoms with Gasteiger partial charge in [-0.15, -0.1) is 0 Å². The highest BCUT2D eigenvalue weighted by molar-refractivity contribution is 6.00. The quantitative estimate of drug-likeness (QED) is 0.301. The maximum absolute atomic E-state index is 14.5. The maximum atomic E-state index is 14.5. The first-order valence-electron chi connectivity index (χ1n) is 16.9. The zero-order valence-electron chi connectivity index (χ0n) is 26.6. The molecule has 9 atom stereocenters. The van der Waals surface area contributed by atoms with Gasteiger partial charge in [0.1, 0.15) is 11.8 Å². The Bertz CT molecular complexity index is 1520. The van der Waals surface area contributed by atoms with Crippen molar-refractivity contribution in [1.29, 1.82) is 0 Å². The number of ether oxygens (including phenoxy) is 2. The molecule has 2 bridgehead atoms. The van der Waals surface area contributed by atoms with Crippen LogP contribution in [0.4, 0.5) is 5.69 Å². The summed E-state index contributed by atoms with van der Waals surface area (Å²) < 4.78 is 14.3. The zero-order valence-corrected chi connectivity index (χ0v) is 26.6. The molecule has 5 nitrogen and oxygen atoms in total. The highest BCUT2D eigenvalue weighted by Gasteiger charge is 2.71. The molecule has 0 radical (unpaired) electrons. The Hall–Kier alpha value is -2.99. The SMILES string of the molecule is C[C@@H]1CC[C@@H]2[C@@H](C1)O[C@@H](c1ccccc1[C@@H]1N(c3ccccc3)C(=O)[C@H]3[C@H](C)[C@@H]4CC[C@]13O4)N(Cc1ccccc1)C2(C)C. The van der Waals surface area contributed by atoms with Gasteiger partial charge >= 0.3 is 0 Å². The van der Waals surface area contributed by atoms with Crippen molar-refractivity contribution in [3.05, 3.63) is 102 Å². The number of fused-ring (bicyclic) bond motifs is 2. The summed E-state index contributed by atoms with van der Waals surface area (Å²) in [4.78, 5) is 19.2. The fourth-order valence-electron chi connectivity index (χ4n) is 9.93. The summed E-state index contributed by atoms with van der Waals surface area (Å²) in [5, 5.41) is 0. The van der Waals surface area contributed by atoms with E-state index in [0.29, 0.717) is 11.8 Å². The standard InChI is InChI=1S/C39H46N2O3/c1-25-19-20-31-33(23-25)43-37(40(38(31,3)4)24-27-13-7-5-8-14-27)30-18-12-11-17-29(30)35-39-22-21-32(44-39)26(2)34(39)36(42)41(35)28-15-9-6-10-16-28/h5-18,25-26,31-35,37H,19-24H2,1-4H3/t25-,26-,31-,32+,33-,34-,35+,37+,39-/m1/s1. The van der Waals surface area contributed by atoms with Crippen molar-refractivity contribution in [3.63, 3.8) is 0 Å². The number of benzene rings is 3. The third kappa shape index (κ3) is 4.19. The lowest BCUT2D eigenvalue weighted by molar-refractivity contribution is -0.241. The number of carbonyl (C=O) groups excluding carboxylic acids is 1. The number of anilines is 1. The second kappa shape index (κ2) is 10.5. The number of nitrogens with zero attached hydrogens (tertiary/aromatic N) is 2. The van der Waals surface area contributed by atoms with E-state index >= 15 is 0 Å². The van der Waals surface area contributed by atoms with E-state index in [-0.39, 0.29) is 47.8 Å². The molecule has 1 aliphatic carbocycles. The topological polar surface area (TPSA) is 42.0 Å². The molecule has 3 aromatic rings. The van der Waals surface area contributed by atoms with Crippen LogP contribution in [0.25, 0.3) is 0 Å². The average Bonchev–Trinajstić information content (AvgIpc) is 3.67. The second-order valence-electron chi connectivity index (χ2n) is 14.9. The van der Waals surface area contributed by atoms with Gasteiger partial charge in [0.15, 0.2) is 0 Å². The van der Waals surface area contributed by atoms with Gasteiger partial charge in [0.2, 0.25) is 5.91 Å². The number of hydrogen-bond donors (Lipinski definition) is 0. The Morgan fingerprint density at radius 3 is 2.25 bits per heavy atom. The molecule has 5 fully saturated rings. The lowest BCUT2D eigenvalue weighted by Gasteiger charge is -2.58. The van der Waals surface area contributed by atoms with Gasteiger partial charge in [-0.3, -0.25) is 9.69 Å². The lowest BCUT2D eigenvalue weighted by Crippen LogP contribution is -2.61. The van der Waals surface area contributed by atoms with Crippen LogP contribution < -0.4 is 4.90 Å². The van der Waals surface area contributed by atoms with E-state index < -0.39 is 5.60 Å². The van der Waals surface area contributed by atoms with E-state index in [0.717, 1.165) is 31.5 Å². The van der Waals surface area contributed by atoms with Crippen molar-refractivity contribution in [3.8, 4) is 0 Å². The first kappa shape index (κ1) is 28.5. The summed E-state index contributed by atoms with van der Waals surface area (Å²) >= 11 is 0. The molecule has 0 aromatic heterocycles. The number of amides is 1. The maximum Gasteiger partial charge on any atom is 0.234 e. The van der Waals surface area contributed by atoms with Gasteiger partial charge in [0.25, 0.3) is 0 Å². The van der Waals surface area contributed by atoms with E-state index in [1.165, 1.54) is 29.5 Å². The zero-order chi connectivity index (χ0) is 30.2. The predicted molar refractivity (Wildman–Crippen MR) is 173 cm³/mol. The smallest absolute Gasteiger partial charge is 0.234 e. The van der Waals surface area contributed by atoms with E-state index in [2.05, 4.69) is 104 Å². The van der Waals surface area contributed by atoms with E-state index in [1.807, 2.05) is 18.2 Å². The molecule has 44 heavy (non-hydrogen) atoms. The molecule has 0 unspecified atom stereocenters. The molecule has 1 amide bonds. The largest absolute Gasteiger partial charge is 0.368 e. The summed E-state index contributed by atoms with van der Waals surface area (Å²) in [5.41, 5.74) is 3.99. The first-order valence-corrected chi connectivity index (χ1v) is 16.9. The van der Waals surface area contributed by atoms with Gasteiger partial charge < -0.3 is 14.4 Å². The summed E-state index contributed by atoms with van der Waals surface area (Å²) in [7, 11) is 0. The third-order valence-corrected chi connectivity index (χ3v) is 12.1. The van der Waals surface area contributed by atoms with Crippen molar-refractivity contribution in [2.75, 3.05) is 4.90 Å². The number of hydrogen-bond acceptors (Lipinski definition) is 4. The summed E-state index contributed by atoms with van der Waals surface area (Å²) in [6.07, 6.45) is 5.60. The molecular formula is C39H46N2O3. The number of rotatable bonds is 5. The van der Waals surface area contributed by atoms with Crippen LogP contribution >= 0.6 is 0 Å². The van der Waals surface area contributed by atoms with Crippen LogP contribution in [0.3, 0.4) is 0 Å². The summed E-state index contributed by atoms with van der Waals surface area (Å²) in [5.74, 6) is 1.42. The fourth-order valence-corrected chi connectivity index (χ4v) is 9.93. The minimum atomic E-state index is -0.524.